The van der Waals surface area contributed by atoms with Gasteiger partial charge in [0.2, 0.25) is 5.91 Å². The van der Waals surface area contributed by atoms with Gasteiger partial charge < -0.3 is 10.2 Å². The number of aromatic hydroxyl groups is 1. The number of halogens is 5. The van der Waals surface area contributed by atoms with Crippen LogP contribution in [0.3, 0.4) is 0 Å². The number of nitrogens with zero attached hydrogens (tertiary/aromatic N) is 4. The van der Waals surface area contributed by atoms with Gasteiger partial charge in [-0.05, 0) is 6.92 Å². The molecule has 2 heterocycles. The van der Waals surface area contributed by atoms with Gasteiger partial charge >= 0.3 is 17.8 Å². The van der Waals surface area contributed by atoms with Gasteiger partial charge in [-0.1, -0.05) is 23.4 Å². The van der Waals surface area contributed by atoms with Crippen molar-refractivity contribution in [2.45, 2.75) is 19.1 Å². The summed E-state index contributed by atoms with van der Waals surface area (Å²) in [7, 11) is 0.710. The van der Waals surface area contributed by atoms with E-state index in [0.717, 1.165) is 16.7 Å². The lowest BCUT2D eigenvalue weighted by molar-refractivity contribution is -0.145. The minimum absolute atomic E-state index is 0.0366. The molecule has 1 atom stereocenters. The fourth-order valence-corrected chi connectivity index (χ4v) is 4.15. The van der Waals surface area contributed by atoms with Crippen LogP contribution in [0.5, 0.6) is 5.75 Å². The molecule has 0 spiro atoms. The first-order chi connectivity index (χ1) is 15.7. The van der Waals surface area contributed by atoms with Crippen molar-refractivity contribution in [3.8, 4) is 11.4 Å². The number of carboxylic acids is 1. The van der Waals surface area contributed by atoms with E-state index in [9.17, 15) is 42.6 Å². The van der Waals surface area contributed by atoms with Gasteiger partial charge in [0.15, 0.2) is 11.0 Å². The van der Waals surface area contributed by atoms with E-state index in [2.05, 4.69) is 4.99 Å². The maximum absolute atomic E-state index is 15.4. The Labute approximate surface area is 195 Å². The van der Waals surface area contributed by atoms with Crippen molar-refractivity contribution in [1.82, 2.24) is 14.0 Å². The molecule has 1 fully saturated rings. The maximum atomic E-state index is 15.4. The molecule has 16 heteroatoms. The van der Waals surface area contributed by atoms with E-state index in [1.54, 1.807) is 0 Å². The number of aliphatic imine (C=N–C) groups is 1. The average Bonchev–Trinajstić information content (AvgIpc) is 3.10. The summed E-state index contributed by atoms with van der Waals surface area (Å²) in [6.07, 6.45) is -5.06. The summed E-state index contributed by atoms with van der Waals surface area (Å²) in [6, 6.07) is -0.786. The van der Waals surface area contributed by atoms with E-state index in [1.807, 2.05) is 0 Å². The first-order valence-electron chi connectivity index (χ1n) is 9.04. The Hall–Kier alpha value is -3.33. The number of benzene rings is 1. The molecule has 182 valence electrons. The number of hydrogen-bond acceptors (Lipinski definition) is 7. The van der Waals surface area contributed by atoms with E-state index in [1.165, 1.54) is 6.92 Å². The molecule has 0 bridgehead atoms. The molecule has 1 unspecified atom stereocenters. The van der Waals surface area contributed by atoms with Gasteiger partial charge in [-0.15, -0.1) is 0 Å². The standard InChI is InChI=1S/C18H13ClF4N4O6S/c1-6(15(31)32)26-11(30)5-34-16(26)24-14-12(19)8(28)3-7(13(14)20)27-10(29)4-9(18(21,22)23)25(2)17(27)33/h3-4,6,28H,5H2,1-2H3,(H,31,32). The number of alkyl halides is 3. The van der Waals surface area contributed by atoms with Crippen molar-refractivity contribution >= 4 is 46.1 Å². The van der Waals surface area contributed by atoms with Gasteiger partial charge in [0.25, 0.3) is 5.56 Å². The van der Waals surface area contributed by atoms with E-state index in [-0.39, 0.29) is 26.1 Å². The summed E-state index contributed by atoms with van der Waals surface area (Å²) in [5.41, 5.74) is -6.55. The molecule has 0 radical (unpaired) electrons. The molecule has 1 amide bonds. The van der Waals surface area contributed by atoms with Gasteiger partial charge in [-0.2, -0.15) is 13.2 Å². The second-order valence-corrected chi connectivity index (χ2v) is 8.22. The molecule has 0 aliphatic carbocycles. The molecule has 2 aromatic rings. The van der Waals surface area contributed by atoms with Crippen molar-refractivity contribution in [1.29, 1.82) is 0 Å². The lowest BCUT2D eigenvalue weighted by Crippen LogP contribution is -2.42. The number of aromatic nitrogens is 2. The zero-order chi connectivity index (χ0) is 25.7. The largest absolute Gasteiger partial charge is 0.506 e. The van der Waals surface area contributed by atoms with E-state index in [4.69, 9.17) is 11.6 Å². The topological polar surface area (TPSA) is 134 Å². The molecule has 1 aromatic heterocycles. The minimum Gasteiger partial charge on any atom is -0.506 e. The van der Waals surface area contributed by atoms with Crippen LogP contribution in [-0.4, -0.2) is 53.1 Å². The molecule has 3 rings (SSSR count). The zero-order valence-corrected chi connectivity index (χ0v) is 18.6. The highest BCUT2D eigenvalue weighted by Crippen LogP contribution is 2.40. The third-order valence-electron chi connectivity index (χ3n) is 4.74. The lowest BCUT2D eigenvalue weighted by Gasteiger charge is -2.20. The number of hydrogen-bond donors (Lipinski definition) is 2. The lowest BCUT2D eigenvalue weighted by atomic mass is 10.2. The third kappa shape index (κ3) is 4.27. The maximum Gasteiger partial charge on any atom is 0.431 e. The first-order valence-corrected chi connectivity index (χ1v) is 10.4. The van der Waals surface area contributed by atoms with Crippen molar-refractivity contribution in [3.05, 3.63) is 49.5 Å². The Balaban J connectivity index is 2.28. The van der Waals surface area contributed by atoms with Crippen molar-refractivity contribution < 1.29 is 37.4 Å². The molecule has 1 aliphatic heterocycles. The zero-order valence-electron chi connectivity index (χ0n) is 17.1. The summed E-state index contributed by atoms with van der Waals surface area (Å²) in [5.74, 6) is -4.68. The Morgan fingerprint density at radius 2 is 1.88 bits per heavy atom. The Morgan fingerprint density at radius 1 is 1.26 bits per heavy atom. The monoisotopic (exact) mass is 524 g/mol. The fourth-order valence-electron chi connectivity index (χ4n) is 3.02. The van der Waals surface area contributed by atoms with Crippen molar-refractivity contribution in [2.24, 2.45) is 12.0 Å². The van der Waals surface area contributed by atoms with Gasteiger partial charge in [0.05, 0.1) is 11.4 Å². The van der Waals surface area contributed by atoms with Gasteiger partial charge in [-0.3, -0.25) is 19.1 Å². The highest BCUT2D eigenvalue weighted by atomic mass is 35.5. The Kier molecular flexibility index (Phi) is 6.54. The molecule has 0 saturated carbocycles. The van der Waals surface area contributed by atoms with Gasteiger partial charge in [-0.25, -0.2) is 23.5 Å². The number of rotatable bonds is 4. The SMILES string of the molecule is CC(C(=O)O)N1C(=O)CSC1=Nc1c(F)c(-n2c(=O)cc(C(F)(F)F)n(C)c2=O)cc(O)c1Cl. The second-order valence-electron chi connectivity index (χ2n) is 6.89. The van der Waals surface area contributed by atoms with Crippen LogP contribution in [0.1, 0.15) is 12.6 Å². The number of aliphatic carboxylic acids is 1. The van der Waals surface area contributed by atoms with Crippen LogP contribution in [0.4, 0.5) is 23.2 Å². The van der Waals surface area contributed by atoms with Crippen molar-refractivity contribution in [3.63, 3.8) is 0 Å². The molecule has 1 aliphatic rings. The number of carbonyl (C=O) groups excluding carboxylic acids is 1. The molecule has 2 N–H and O–H groups in total. The van der Waals surface area contributed by atoms with E-state index >= 15 is 4.39 Å². The highest BCUT2D eigenvalue weighted by molar-refractivity contribution is 8.15. The molecule has 10 nitrogen and oxygen atoms in total. The predicted octanol–water partition coefficient (Wildman–Crippen LogP) is 2.09. The fraction of sp³-hybridized carbons (Fsp3) is 0.278. The Morgan fingerprint density at radius 3 is 2.44 bits per heavy atom. The van der Waals surface area contributed by atoms with E-state index in [0.29, 0.717) is 13.1 Å². The highest BCUT2D eigenvalue weighted by Gasteiger charge is 2.37. The van der Waals surface area contributed by atoms with Crippen LogP contribution in [0.2, 0.25) is 5.02 Å². The number of amides is 1. The molecule has 1 aromatic carbocycles. The number of thioether (sulfide) groups is 1. The molecular weight excluding hydrogens is 512 g/mol. The minimum atomic E-state index is -5.06. The van der Waals surface area contributed by atoms with Gasteiger partial charge in [0, 0.05) is 19.2 Å². The predicted molar refractivity (Wildman–Crippen MR) is 112 cm³/mol. The van der Waals surface area contributed by atoms with Crippen LogP contribution < -0.4 is 11.2 Å². The number of phenolic OH excluding ortho intramolecular Hbond substituents is 1. The summed E-state index contributed by atoms with van der Waals surface area (Å²) in [6.45, 7) is 1.17. The summed E-state index contributed by atoms with van der Waals surface area (Å²) >= 11 is 6.65. The summed E-state index contributed by atoms with van der Waals surface area (Å²) in [5, 5.41) is 18.3. The number of amidine groups is 1. The quantitative estimate of drug-likeness (QED) is 0.585. The summed E-state index contributed by atoms with van der Waals surface area (Å²) in [4.78, 5) is 52.8. The smallest absolute Gasteiger partial charge is 0.431 e. The average molecular weight is 525 g/mol. The first kappa shape index (κ1) is 25.3. The normalized spacial score (nSPS) is 16.4. The van der Waals surface area contributed by atoms with Crippen LogP contribution >= 0.6 is 23.4 Å². The van der Waals surface area contributed by atoms with Crippen molar-refractivity contribution in [2.75, 3.05) is 5.75 Å². The van der Waals surface area contributed by atoms with Crippen LogP contribution in [-0.2, 0) is 22.8 Å². The van der Waals surface area contributed by atoms with Crippen LogP contribution in [0, 0.1) is 5.82 Å². The molecule has 1 saturated heterocycles. The second kappa shape index (κ2) is 8.79. The van der Waals surface area contributed by atoms with Crippen LogP contribution in [0.25, 0.3) is 5.69 Å². The van der Waals surface area contributed by atoms with Crippen LogP contribution in [0.15, 0.2) is 26.7 Å². The number of carbonyl (C=O) groups is 2. The summed E-state index contributed by atoms with van der Waals surface area (Å²) < 4.78 is 54.8. The molecular formula is C18H13ClF4N4O6S. The number of phenols is 1. The van der Waals surface area contributed by atoms with Gasteiger partial charge in [0.1, 0.15) is 28.2 Å². The number of carboxylic acid groups (broad SMARTS) is 1. The third-order valence-corrected chi connectivity index (χ3v) is 6.05. The van der Waals surface area contributed by atoms with E-state index < -0.39 is 69.0 Å². The molecule has 34 heavy (non-hydrogen) atoms. The Bertz CT molecular complexity index is 1370.